The minimum Gasteiger partial charge on any atom is -0.373 e. The first-order valence-corrected chi connectivity index (χ1v) is 5.81. The topological polar surface area (TPSA) is 24.5 Å². The van der Waals surface area contributed by atoms with Gasteiger partial charge in [-0.1, -0.05) is 6.92 Å². The van der Waals surface area contributed by atoms with Gasteiger partial charge in [0.25, 0.3) is 0 Å². The van der Waals surface area contributed by atoms with Crippen LogP contribution in [0.5, 0.6) is 0 Å². The molecule has 3 nitrogen and oxygen atoms in total. The molecule has 2 atom stereocenters. The van der Waals surface area contributed by atoms with Gasteiger partial charge in [-0.15, -0.1) is 0 Å². The van der Waals surface area contributed by atoms with E-state index in [0.29, 0.717) is 12.2 Å². The lowest BCUT2D eigenvalue weighted by atomic mass is 10.2. The standard InChI is InChI=1S/C11H24N2O/c1-4-5-12-6-7-13-8-10(2)14-11(3)9-13/h10-12H,4-9H2,1-3H3/t10-,11+. The Hall–Kier alpha value is -0.120. The van der Waals surface area contributed by atoms with Crippen molar-refractivity contribution in [1.29, 1.82) is 0 Å². The molecule has 0 spiro atoms. The summed E-state index contributed by atoms with van der Waals surface area (Å²) in [5.41, 5.74) is 0. The fourth-order valence-electron chi connectivity index (χ4n) is 2.01. The van der Waals surface area contributed by atoms with E-state index in [2.05, 4.69) is 31.0 Å². The summed E-state index contributed by atoms with van der Waals surface area (Å²) in [6.07, 6.45) is 2.01. The quantitative estimate of drug-likeness (QED) is 0.673. The maximum Gasteiger partial charge on any atom is 0.0678 e. The minimum atomic E-state index is 0.393. The van der Waals surface area contributed by atoms with Crippen LogP contribution in [0.1, 0.15) is 27.2 Å². The number of nitrogens with zero attached hydrogens (tertiary/aromatic N) is 1. The molecule has 1 N–H and O–H groups in total. The lowest BCUT2D eigenvalue weighted by Crippen LogP contribution is -2.47. The third-order valence-corrected chi connectivity index (χ3v) is 2.53. The molecule has 1 fully saturated rings. The van der Waals surface area contributed by atoms with E-state index < -0.39 is 0 Å². The van der Waals surface area contributed by atoms with Crippen molar-refractivity contribution in [3.8, 4) is 0 Å². The zero-order valence-electron chi connectivity index (χ0n) is 9.75. The molecule has 84 valence electrons. The highest BCUT2D eigenvalue weighted by Crippen LogP contribution is 2.09. The fraction of sp³-hybridized carbons (Fsp3) is 1.00. The zero-order chi connectivity index (χ0) is 10.4. The molecule has 0 aromatic rings. The summed E-state index contributed by atoms with van der Waals surface area (Å²) in [6.45, 7) is 12.1. The van der Waals surface area contributed by atoms with Gasteiger partial charge >= 0.3 is 0 Å². The van der Waals surface area contributed by atoms with Crippen molar-refractivity contribution in [1.82, 2.24) is 10.2 Å². The average Bonchev–Trinajstić information content (AvgIpc) is 2.11. The van der Waals surface area contributed by atoms with Crippen LogP contribution in [0.3, 0.4) is 0 Å². The molecule has 0 bridgehead atoms. The smallest absolute Gasteiger partial charge is 0.0678 e. The van der Waals surface area contributed by atoms with E-state index >= 15 is 0 Å². The molecule has 0 aliphatic carbocycles. The number of nitrogens with one attached hydrogen (secondary N) is 1. The van der Waals surface area contributed by atoms with Gasteiger partial charge in [0, 0.05) is 26.2 Å². The Balaban J connectivity index is 2.10. The summed E-state index contributed by atoms with van der Waals surface area (Å²) in [7, 11) is 0. The van der Waals surface area contributed by atoms with E-state index in [9.17, 15) is 0 Å². The second-order valence-corrected chi connectivity index (χ2v) is 4.27. The lowest BCUT2D eigenvalue weighted by Gasteiger charge is -2.35. The Labute approximate surface area is 87.8 Å². The van der Waals surface area contributed by atoms with Crippen LogP contribution in [0, 0.1) is 0 Å². The maximum absolute atomic E-state index is 5.68. The first kappa shape index (κ1) is 12.0. The number of morpholine rings is 1. The van der Waals surface area contributed by atoms with E-state index in [0.717, 1.165) is 32.7 Å². The van der Waals surface area contributed by atoms with Crippen molar-refractivity contribution in [3.05, 3.63) is 0 Å². The van der Waals surface area contributed by atoms with Crippen LogP contribution in [-0.2, 0) is 4.74 Å². The molecule has 1 aliphatic heterocycles. The van der Waals surface area contributed by atoms with E-state index in [1.165, 1.54) is 6.42 Å². The van der Waals surface area contributed by atoms with E-state index in [1.807, 2.05) is 0 Å². The summed E-state index contributed by atoms with van der Waals surface area (Å²) in [6, 6.07) is 0. The van der Waals surface area contributed by atoms with Crippen LogP contribution in [0.2, 0.25) is 0 Å². The first-order chi connectivity index (χ1) is 6.72. The van der Waals surface area contributed by atoms with Gasteiger partial charge in [-0.05, 0) is 26.8 Å². The van der Waals surface area contributed by atoms with Crippen LogP contribution in [0.15, 0.2) is 0 Å². The fourth-order valence-corrected chi connectivity index (χ4v) is 2.01. The molecule has 0 amide bonds. The lowest BCUT2D eigenvalue weighted by molar-refractivity contribution is -0.0674. The highest BCUT2D eigenvalue weighted by Gasteiger charge is 2.21. The van der Waals surface area contributed by atoms with Gasteiger partial charge in [-0.25, -0.2) is 0 Å². The van der Waals surface area contributed by atoms with Crippen molar-refractivity contribution >= 4 is 0 Å². The van der Waals surface area contributed by atoms with E-state index in [1.54, 1.807) is 0 Å². The van der Waals surface area contributed by atoms with Crippen LogP contribution in [-0.4, -0.2) is 49.8 Å². The van der Waals surface area contributed by atoms with Crippen LogP contribution >= 0.6 is 0 Å². The van der Waals surface area contributed by atoms with Gasteiger partial charge < -0.3 is 10.1 Å². The second-order valence-electron chi connectivity index (χ2n) is 4.27. The molecule has 0 aromatic carbocycles. The van der Waals surface area contributed by atoms with Crippen LogP contribution in [0.25, 0.3) is 0 Å². The minimum absolute atomic E-state index is 0.393. The average molecular weight is 200 g/mol. The zero-order valence-corrected chi connectivity index (χ0v) is 9.75. The predicted octanol–water partition coefficient (Wildman–Crippen LogP) is 1.10. The Morgan fingerprint density at radius 3 is 2.43 bits per heavy atom. The predicted molar refractivity (Wildman–Crippen MR) is 59.6 cm³/mol. The molecule has 1 heterocycles. The Kier molecular flexibility index (Phi) is 5.45. The summed E-state index contributed by atoms with van der Waals surface area (Å²) in [4.78, 5) is 2.49. The first-order valence-electron chi connectivity index (χ1n) is 5.81. The van der Waals surface area contributed by atoms with Gasteiger partial charge in [0.2, 0.25) is 0 Å². The number of rotatable bonds is 5. The van der Waals surface area contributed by atoms with Crippen LogP contribution < -0.4 is 5.32 Å². The van der Waals surface area contributed by atoms with Crippen molar-refractivity contribution < 1.29 is 4.74 Å². The molecule has 0 saturated carbocycles. The number of ether oxygens (including phenoxy) is 1. The summed E-state index contributed by atoms with van der Waals surface area (Å²) in [5, 5.41) is 3.43. The molecule has 0 aromatic heterocycles. The normalized spacial score (nSPS) is 29.4. The Morgan fingerprint density at radius 1 is 1.21 bits per heavy atom. The Morgan fingerprint density at radius 2 is 1.86 bits per heavy atom. The SMILES string of the molecule is CCCNCCN1C[C@@H](C)O[C@@H](C)C1. The van der Waals surface area contributed by atoms with E-state index in [4.69, 9.17) is 4.74 Å². The number of hydrogen-bond acceptors (Lipinski definition) is 3. The third-order valence-electron chi connectivity index (χ3n) is 2.53. The molecule has 0 radical (unpaired) electrons. The van der Waals surface area contributed by atoms with E-state index in [-0.39, 0.29) is 0 Å². The van der Waals surface area contributed by atoms with Gasteiger partial charge in [-0.2, -0.15) is 0 Å². The van der Waals surface area contributed by atoms with Gasteiger partial charge in [0.15, 0.2) is 0 Å². The summed E-state index contributed by atoms with van der Waals surface area (Å²) >= 11 is 0. The van der Waals surface area contributed by atoms with Crippen molar-refractivity contribution in [2.24, 2.45) is 0 Å². The molecule has 3 heteroatoms. The van der Waals surface area contributed by atoms with Gasteiger partial charge in [0.1, 0.15) is 0 Å². The molecule has 1 rings (SSSR count). The van der Waals surface area contributed by atoms with Gasteiger partial charge in [-0.3, -0.25) is 4.90 Å². The van der Waals surface area contributed by atoms with Gasteiger partial charge in [0.05, 0.1) is 12.2 Å². The highest BCUT2D eigenvalue weighted by atomic mass is 16.5. The molecule has 14 heavy (non-hydrogen) atoms. The maximum atomic E-state index is 5.68. The summed E-state index contributed by atoms with van der Waals surface area (Å²) < 4.78 is 5.68. The number of hydrogen-bond donors (Lipinski definition) is 1. The molecular weight excluding hydrogens is 176 g/mol. The largest absolute Gasteiger partial charge is 0.373 e. The third kappa shape index (κ3) is 4.40. The Bertz CT molecular complexity index is 142. The second kappa shape index (κ2) is 6.38. The monoisotopic (exact) mass is 200 g/mol. The van der Waals surface area contributed by atoms with Crippen molar-refractivity contribution in [3.63, 3.8) is 0 Å². The molecular formula is C11H24N2O. The molecule has 1 saturated heterocycles. The van der Waals surface area contributed by atoms with Crippen molar-refractivity contribution in [2.45, 2.75) is 39.4 Å². The molecule has 1 aliphatic rings. The van der Waals surface area contributed by atoms with Crippen molar-refractivity contribution in [2.75, 3.05) is 32.7 Å². The summed E-state index contributed by atoms with van der Waals surface area (Å²) in [5.74, 6) is 0. The highest BCUT2D eigenvalue weighted by molar-refractivity contribution is 4.73. The van der Waals surface area contributed by atoms with Crippen LogP contribution in [0.4, 0.5) is 0 Å². The molecule has 0 unspecified atom stereocenters.